The van der Waals surface area contributed by atoms with E-state index in [1.807, 2.05) is 6.92 Å². The number of benzene rings is 1. The standard InChI is InChI=1S/C13H21NO4S/c1-4-14-9-13(2,15)10-18-11-6-5-7-12(8-11)19(3,16)17/h5-8,14-15H,4,9-10H2,1-3H3. The van der Waals surface area contributed by atoms with E-state index in [-0.39, 0.29) is 11.5 Å². The largest absolute Gasteiger partial charge is 0.491 e. The van der Waals surface area contributed by atoms with E-state index in [1.165, 1.54) is 12.1 Å². The molecule has 19 heavy (non-hydrogen) atoms. The van der Waals surface area contributed by atoms with Crippen LogP contribution >= 0.6 is 0 Å². The van der Waals surface area contributed by atoms with E-state index in [4.69, 9.17) is 4.74 Å². The van der Waals surface area contributed by atoms with Crippen molar-refractivity contribution in [3.05, 3.63) is 24.3 Å². The smallest absolute Gasteiger partial charge is 0.175 e. The van der Waals surface area contributed by atoms with Crippen LogP contribution in [0, 0.1) is 0 Å². The highest BCUT2D eigenvalue weighted by atomic mass is 32.2. The summed E-state index contributed by atoms with van der Waals surface area (Å²) in [6.07, 6.45) is 1.15. The predicted octanol–water partition coefficient (Wildman–Crippen LogP) is 0.829. The zero-order valence-corrected chi connectivity index (χ0v) is 12.3. The number of aliphatic hydroxyl groups is 1. The van der Waals surface area contributed by atoms with Crippen molar-refractivity contribution in [1.82, 2.24) is 5.32 Å². The molecule has 0 spiro atoms. The Labute approximate surface area is 114 Å². The maximum atomic E-state index is 11.4. The fourth-order valence-electron chi connectivity index (χ4n) is 1.48. The quantitative estimate of drug-likeness (QED) is 0.777. The van der Waals surface area contributed by atoms with Gasteiger partial charge in [-0.2, -0.15) is 0 Å². The first kappa shape index (κ1) is 15.9. The molecule has 1 rings (SSSR count). The summed E-state index contributed by atoms with van der Waals surface area (Å²) in [4.78, 5) is 0.205. The molecule has 0 heterocycles. The van der Waals surface area contributed by atoms with Crippen LogP contribution in [0.25, 0.3) is 0 Å². The lowest BCUT2D eigenvalue weighted by Gasteiger charge is -2.23. The van der Waals surface area contributed by atoms with Crippen molar-refractivity contribution in [2.45, 2.75) is 24.3 Å². The lowest BCUT2D eigenvalue weighted by atomic mass is 10.1. The number of rotatable bonds is 7. The van der Waals surface area contributed by atoms with E-state index in [9.17, 15) is 13.5 Å². The minimum absolute atomic E-state index is 0.0905. The molecule has 0 radical (unpaired) electrons. The van der Waals surface area contributed by atoms with E-state index in [2.05, 4.69) is 5.32 Å². The molecule has 1 aromatic rings. The molecule has 1 unspecified atom stereocenters. The number of sulfone groups is 1. The van der Waals surface area contributed by atoms with Crippen molar-refractivity contribution in [1.29, 1.82) is 0 Å². The van der Waals surface area contributed by atoms with Crippen molar-refractivity contribution in [3.8, 4) is 5.75 Å². The Morgan fingerprint density at radius 1 is 1.42 bits per heavy atom. The first-order valence-corrected chi connectivity index (χ1v) is 8.00. The Morgan fingerprint density at radius 2 is 2.11 bits per heavy atom. The van der Waals surface area contributed by atoms with Crippen LogP contribution in [0.5, 0.6) is 5.75 Å². The second kappa shape index (κ2) is 6.36. The van der Waals surface area contributed by atoms with Crippen molar-refractivity contribution in [3.63, 3.8) is 0 Å². The van der Waals surface area contributed by atoms with Gasteiger partial charge in [-0.05, 0) is 31.7 Å². The van der Waals surface area contributed by atoms with Crippen LogP contribution < -0.4 is 10.1 Å². The highest BCUT2D eigenvalue weighted by molar-refractivity contribution is 7.90. The molecule has 0 amide bonds. The lowest BCUT2D eigenvalue weighted by Crippen LogP contribution is -2.42. The van der Waals surface area contributed by atoms with Crippen LogP contribution in [0.3, 0.4) is 0 Å². The lowest BCUT2D eigenvalue weighted by molar-refractivity contribution is 0.0127. The number of likely N-dealkylation sites (N-methyl/N-ethyl adjacent to an activating group) is 1. The zero-order valence-electron chi connectivity index (χ0n) is 11.5. The van der Waals surface area contributed by atoms with E-state index in [0.29, 0.717) is 12.3 Å². The molecule has 1 aromatic carbocycles. The molecule has 0 bridgehead atoms. The third-order valence-electron chi connectivity index (χ3n) is 2.54. The van der Waals surface area contributed by atoms with Crippen molar-refractivity contribution in [2.75, 3.05) is 26.0 Å². The van der Waals surface area contributed by atoms with Gasteiger partial charge in [0.25, 0.3) is 0 Å². The van der Waals surface area contributed by atoms with Gasteiger partial charge >= 0.3 is 0 Å². The highest BCUT2D eigenvalue weighted by Crippen LogP contribution is 2.18. The van der Waals surface area contributed by atoms with E-state index in [0.717, 1.165) is 12.8 Å². The number of ether oxygens (including phenoxy) is 1. The summed E-state index contributed by atoms with van der Waals surface area (Å²) >= 11 is 0. The maximum absolute atomic E-state index is 11.4. The van der Waals surface area contributed by atoms with Crippen LogP contribution in [0.15, 0.2) is 29.2 Å². The van der Waals surface area contributed by atoms with Gasteiger partial charge in [-0.15, -0.1) is 0 Å². The van der Waals surface area contributed by atoms with Gasteiger partial charge in [0.15, 0.2) is 9.84 Å². The van der Waals surface area contributed by atoms with Crippen LogP contribution in [0.4, 0.5) is 0 Å². The SMILES string of the molecule is CCNCC(C)(O)COc1cccc(S(C)(=O)=O)c1. The molecule has 0 fully saturated rings. The molecule has 0 saturated carbocycles. The Bertz CT molecular complexity index is 511. The molecule has 2 N–H and O–H groups in total. The van der Waals surface area contributed by atoms with Crippen molar-refractivity contribution in [2.24, 2.45) is 0 Å². The average Bonchev–Trinajstić information content (AvgIpc) is 2.34. The Hall–Kier alpha value is -1.11. The number of hydrogen-bond donors (Lipinski definition) is 2. The molecule has 6 heteroatoms. The van der Waals surface area contributed by atoms with Gasteiger partial charge in [0, 0.05) is 12.8 Å². The first-order valence-electron chi connectivity index (χ1n) is 6.10. The molecule has 0 saturated heterocycles. The fraction of sp³-hybridized carbons (Fsp3) is 0.538. The number of hydrogen-bond acceptors (Lipinski definition) is 5. The van der Waals surface area contributed by atoms with Crippen molar-refractivity contribution < 1.29 is 18.3 Å². The van der Waals surface area contributed by atoms with E-state index in [1.54, 1.807) is 19.1 Å². The normalized spacial score (nSPS) is 14.9. The molecule has 0 aliphatic heterocycles. The van der Waals surface area contributed by atoms with Crippen LogP contribution in [-0.4, -0.2) is 45.1 Å². The van der Waals surface area contributed by atoms with Crippen LogP contribution in [0.2, 0.25) is 0 Å². The molecule has 5 nitrogen and oxygen atoms in total. The van der Waals surface area contributed by atoms with Gasteiger partial charge in [-0.3, -0.25) is 0 Å². The van der Waals surface area contributed by atoms with Gasteiger partial charge < -0.3 is 15.2 Å². The Morgan fingerprint density at radius 3 is 2.68 bits per heavy atom. The van der Waals surface area contributed by atoms with Gasteiger partial charge in [0.05, 0.1) is 4.90 Å². The molecular formula is C13H21NO4S. The third kappa shape index (κ3) is 5.59. The van der Waals surface area contributed by atoms with Gasteiger partial charge in [-0.25, -0.2) is 8.42 Å². The first-order chi connectivity index (χ1) is 8.74. The second-order valence-electron chi connectivity index (χ2n) is 4.81. The monoisotopic (exact) mass is 287 g/mol. The van der Waals surface area contributed by atoms with Gasteiger partial charge in [0.2, 0.25) is 0 Å². The van der Waals surface area contributed by atoms with Crippen molar-refractivity contribution >= 4 is 9.84 Å². The maximum Gasteiger partial charge on any atom is 0.175 e. The summed E-state index contributed by atoms with van der Waals surface area (Å²) in [5.74, 6) is 0.430. The topological polar surface area (TPSA) is 75.6 Å². The summed E-state index contributed by atoms with van der Waals surface area (Å²) in [6.45, 7) is 4.88. The average molecular weight is 287 g/mol. The molecular weight excluding hydrogens is 266 g/mol. The van der Waals surface area contributed by atoms with E-state index >= 15 is 0 Å². The van der Waals surface area contributed by atoms with Gasteiger partial charge in [0.1, 0.15) is 18.0 Å². The minimum Gasteiger partial charge on any atom is -0.491 e. The van der Waals surface area contributed by atoms with E-state index < -0.39 is 15.4 Å². The highest BCUT2D eigenvalue weighted by Gasteiger charge is 2.20. The fourth-order valence-corrected chi connectivity index (χ4v) is 2.13. The summed E-state index contributed by atoms with van der Waals surface area (Å²) in [5, 5.41) is 13.1. The molecule has 0 aliphatic carbocycles. The summed E-state index contributed by atoms with van der Waals surface area (Å²) in [5.41, 5.74) is -1.00. The molecule has 0 aromatic heterocycles. The molecule has 0 aliphatic rings. The summed E-state index contributed by atoms with van der Waals surface area (Å²) in [7, 11) is -3.25. The Kier molecular flexibility index (Phi) is 5.34. The van der Waals surface area contributed by atoms with Crippen LogP contribution in [-0.2, 0) is 9.84 Å². The molecule has 108 valence electrons. The summed E-state index contributed by atoms with van der Waals surface area (Å²) < 4.78 is 28.3. The zero-order chi connectivity index (χ0) is 14.5. The minimum atomic E-state index is -3.25. The van der Waals surface area contributed by atoms with Gasteiger partial charge in [-0.1, -0.05) is 13.0 Å². The Balaban J connectivity index is 2.68. The molecule has 1 atom stereocenters. The van der Waals surface area contributed by atoms with Crippen LogP contribution in [0.1, 0.15) is 13.8 Å². The second-order valence-corrected chi connectivity index (χ2v) is 6.83. The third-order valence-corrected chi connectivity index (χ3v) is 3.65. The predicted molar refractivity (Wildman–Crippen MR) is 74.2 cm³/mol. The summed E-state index contributed by atoms with van der Waals surface area (Å²) in [6, 6.07) is 6.25. The number of nitrogens with one attached hydrogen (secondary N) is 1.